The number of rotatable bonds is 3. The van der Waals surface area contributed by atoms with Gasteiger partial charge in [0.1, 0.15) is 4.21 Å². The van der Waals surface area contributed by atoms with Crippen LogP contribution in [0.5, 0.6) is 0 Å². The maximum Gasteiger partial charge on any atom is 0.250 e. The molecule has 1 aromatic heterocycles. The summed E-state index contributed by atoms with van der Waals surface area (Å²) < 4.78 is 28.0. The van der Waals surface area contributed by atoms with Crippen molar-refractivity contribution in [2.24, 2.45) is 0 Å². The van der Waals surface area contributed by atoms with Gasteiger partial charge < -0.3 is 5.32 Å². The van der Waals surface area contributed by atoms with Crippen molar-refractivity contribution >= 4 is 48.9 Å². The first-order chi connectivity index (χ1) is 8.49. The second-order valence-electron chi connectivity index (χ2n) is 4.19. The Labute approximate surface area is 124 Å². The molecule has 0 radical (unpaired) electrons. The van der Waals surface area contributed by atoms with E-state index in [1.807, 2.05) is 0 Å². The molecule has 1 aliphatic rings. The van der Waals surface area contributed by atoms with E-state index in [-0.39, 0.29) is 10.3 Å². The van der Waals surface area contributed by atoms with Gasteiger partial charge in [0.05, 0.1) is 8.81 Å². The third-order valence-electron chi connectivity index (χ3n) is 2.78. The van der Waals surface area contributed by atoms with Crippen LogP contribution in [0.15, 0.2) is 14.1 Å². The summed E-state index contributed by atoms with van der Waals surface area (Å²) in [5.74, 6) is 0. The fraction of sp³-hybridized carbons (Fsp3) is 0.600. The van der Waals surface area contributed by atoms with Gasteiger partial charge in [-0.2, -0.15) is 0 Å². The summed E-state index contributed by atoms with van der Waals surface area (Å²) in [5, 5.41) is 3.69. The van der Waals surface area contributed by atoms with Crippen LogP contribution in [-0.2, 0) is 10.0 Å². The Kier molecular flexibility index (Phi) is 5.07. The van der Waals surface area contributed by atoms with Gasteiger partial charge in [-0.25, -0.2) is 13.1 Å². The predicted molar refractivity (Wildman–Crippen MR) is 77.9 cm³/mol. The van der Waals surface area contributed by atoms with Gasteiger partial charge in [0.2, 0.25) is 10.0 Å². The molecule has 1 fully saturated rings. The molecule has 8 heteroatoms. The second kappa shape index (κ2) is 6.19. The Morgan fingerprint density at radius 3 is 2.89 bits per heavy atom. The van der Waals surface area contributed by atoms with E-state index < -0.39 is 10.0 Å². The van der Waals surface area contributed by atoms with Gasteiger partial charge in [-0.1, -0.05) is 11.6 Å². The molecule has 1 atom stereocenters. The minimum atomic E-state index is -3.45. The number of thiophene rings is 1. The minimum Gasteiger partial charge on any atom is -0.317 e. The average molecular weight is 374 g/mol. The number of hydrogen-bond acceptors (Lipinski definition) is 4. The highest BCUT2D eigenvalue weighted by Crippen LogP contribution is 2.34. The molecular weight excluding hydrogens is 360 g/mol. The van der Waals surface area contributed by atoms with Gasteiger partial charge in [0.15, 0.2) is 0 Å². The molecule has 0 amide bonds. The molecule has 2 heterocycles. The summed E-state index contributed by atoms with van der Waals surface area (Å²) in [6.07, 6.45) is 2.67. The van der Waals surface area contributed by atoms with Crippen LogP contribution in [0.4, 0.5) is 0 Å². The van der Waals surface area contributed by atoms with E-state index in [9.17, 15) is 8.42 Å². The van der Waals surface area contributed by atoms with E-state index >= 15 is 0 Å². The summed E-state index contributed by atoms with van der Waals surface area (Å²) in [7, 11) is -3.45. The van der Waals surface area contributed by atoms with Crippen molar-refractivity contribution in [1.29, 1.82) is 0 Å². The number of sulfonamides is 1. The summed E-state index contributed by atoms with van der Waals surface area (Å²) in [5.41, 5.74) is 0. The second-order valence-corrected chi connectivity index (χ2v) is 8.90. The first-order valence-electron chi connectivity index (χ1n) is 5.67. The Balaban J connectivity index is 2.11. The molecule has 4 nitrogen and oxygen atoms in total. The van der Waals surface area contributed by atoms with E-state index in [1.54, 1.807) is 0 Å². The largest absolute Gasteiger partial charge is 0.317 e. The highest BCUT2D eigenvalue weighted by atomic mass is 79.9. The van der Waals surface area contributed by atoms with Gasteiger partial charge >= 0.3 is 0 Å². The molecule has 1 aromatic rings. The molecule has 2 N–H and O–H groups in total. The Hall–Kier alpha value is 0.340. The van der Waals surface area contributed by atoms with E-state index in [0.717, 1.165) is 43.7 Å². The van der Waals surface area contributed by atoms with Crippen molar-refractivity contribution < 1.29 is 8.42 Å². The molecule has 0 saturated carbocycles. The van der Waals surface area contributed by atoms with E-state index in [2.05, 4.69) is 26.0 Å². The molecule has 1 unspecified atom stereocenters. The van der Waals surface area contributed by atoms with Crippen molar-refractivity contribution in [3.05, 3.63) is 14.9 Å². The van der Waals surface area contributed by atoms with Crippen LogP contribution in [0, 0.1) is 0 Å². The number of nitrogens with one attached hydrogen (secondary N) is 2. The summed E-state index contributed by atoms with van der Waals surface area (Å²) >= 11 is 10.2. The highest BCUT2D eigenvalue weighted by Gasteiger charge is 2.23. The van der Waals surface area contributed by atoms with Gasteiger partial charge in [-0.05, 0) is 54.3 Å². The van der Waals surface area contributed by atoms with Gasteiger partial charge in [0, 0.05) is 6.04 Å². The summed E-state index contributed by atoms with van der Waals surface area (Å²) in [4.78, 5) is 0. The van der Waals surface area contributed by atoms with E-state index in [4.69, 9.17) is 11.6 Å². The fourth-order valence-electron chi connectivity index (χ4n) is 1.87. The smallest absolute Gasteiger partial charge is 0.250 e. The van der Waals surface area contributed by atoms with Gasteiger partial charge in [0.25, 0.3) is 0 Å². The van der Waals surface area contributed by atoms with Crippen molar-refractivity contribution in [3.8, 4) is 0 Å². The molecule has 102 valence electrons. The van der Waals surface area contributed by atoms with E-state index in [0.29, 0.717) is 8.81 Å². The lowest BCUT2D eigenvalue weighted by atomic mass is 10.1. The average Bonchev–Trinajstić information content (AvgIpc) is 2.53. The zero-order valence-electron chi connectivity index (χ0n) is 9.58. The predicted octanol–water partition coefficient (Wildman–Crippen LogP) is 2.58. The van der Waals surface area contributed by atoms with Crippen molar-refractivity contribution in [1.82, 2.24) is 10.0 Å². The molecule has 1 saturated heterocycles. The first kappa shape index (κ1) is 14.7. The lowest BCUT2D eigenvalue weighted by Gasteiger charge is -2.15. The molecule has 1 aliphatic heterocycles. The maximum absolute atomic E-state index is 12.2. The maximum atomic E-state index is 12.2. The number of halogens is 2. The van der Waals surface area contributed by atoms with Crippen molar-refractivity contribution in [3.63, 3.8) is 0 Å². The standard InChI is InChI=1S/C10H14BrClN2O2S2/c11-10-8(12)6-9(17-10)18(15,16)14-7-2-1-4-13-5-3-7/h6-7,13-14H,1-5H2. The molecular formula is C10H14BrClN2O2S2. The van der Waals surface area contributed by atoms with Crippen LogP contribution in [0.2, 0.25) is 5.02 Å². The monoisotopic (exact) mass is 372 g/mol. The normalized spacial score (nSPS) is 21.8. The highest BCUT2D eigenvalue weighted by molar-refractivity contribution is 9.11. The van der Waals surface area contributed by atoms with Crippen LogP contribution >= 0.6 is 38.9 Å². The zero-order valence-corrected chi connectivity index (χ0v) is 13.6. The topological polar surface area (TPSA) is 58.2 Å². The Morgan fingerprint density at radius 2 is 2.22 bits per heavy atom. The van der Waals surface area contributed by atoms with Crippen LogP contribution < -0.4 is 10.0 Å². The zero-order chi connectivity index (χ0) is 13.2. The molecule has 0 spiro atoms. The first-order valence-corrected chi connectivity index (χ1v) is 9.14. The van der Waals surface area contributed by atoms with Gasteiger partial charge in [-0.15, -0.1) is 11.3 Å². The third kappa shape index (κ3) is 3.68. The lowest BCUT2D eigenvalue weighted by Crippen LogP contribution is -2.35. The minimum absolute atomic E-state index is 0.00431. The Bertz CT molecular complexity index is 490. The molecule has 0 aromatic carbocycles. The van der Waals surface area contributed by atoms with Crippen LogP contribution in [0.25, 0.3) is 0 Å². The summed E-state index contributed by atoms with van der Waals surface area (Å²) in [6, 6.07) is 1.48. The number of hydrogen-bond donors (Lipinski definition) is 2. The van der Waals surface area contributed by atoms with Gasteiger partial charge in [-0.3, -0.25) is 0 Å². The Morgan fingerprint density at radius 1 is 1.44 bits per heavy atom. The quantitative estimate of drug-likeness (QED) is 0.856. The molecule has 0 aliphatic carbocycles. The molecule has 0 bridgehead atoms. The summed E-state index contributed by atoms with van der Waals surface area (Å²) in [6.45, 7) is 1.80. The lowest BCUT2D eigenvalue weighted by molar-refractivity contribution is 0.519. The van der Waals surface area contributed by atoms with Crippen LogP contribution in [0.3, 0.4) is 0 Å². The fourth-order valence-corrected chi connectivity index (χ4v) is 5.59. The van der Waals surface area contributed by atoms with E-state index in [1.165, 1.54) is 6.07 Å². The van der Waals surface area contributed by atoms with Crippen LogP contribution in [0.1, 0.15) is 19.3 Å². The van der Waals surface area contributed by atoms with Crippen molar-refractivity contribution in [2.75, 3.05) is 13.1 Å². The molecule has 18 heavy (non-hydrogen) atoms. The SMILES string of the molecule is O=S(=O)(NC1CCCNCC1)c1cc(Cl)c(Br)s1. The van der Waals surface area contributed by atoms with Crippen molar-refractivity contribution in [2.45, 2.75) is 29.5 Å². The third-order valence-corrected chi connectivity index (χ3v) is 7.25. The molecule has 2 rings (SSSR count). The van der Waals surface area contributed by atoms with Crippen LogP contribution in [-0.4, -0.2) is 27.5 Å².